The highest BCUT2D eigenvalue weighted by atomic mass is 14.9. The molecule has 0 aliphatic heterocycles. The van der Waals surface area contributed by atoms with Crippen molar-refractivity contribution in [2.24, 2.45) is 0 Å². The van der Waals surface area contributed by atoms with Crippen LogP contribution in [0, 0.1) is 0 Å². The first-order valence-electron chi connectivity index (χ1n) is 7.31. The Kier molecular flexibility index (Phi) is 7.10. The molecule has 2 N–H and O–H groups in total. The summed E-state index contributed by atoms with van der Waals surface area (Å²) in [6, 6.07) is 6.50. The molecule has 0 amide bonds. The average molecular weight is 282 g/mol. The van der Waals surface area contributed by atoms with Crippen LogP contribution >= 0.6 is 0 Å². The Morgan fingerprint density at radius 2 is 2.00 bits per heavy atom. The van der Waals surface area contributed by atoms with E-state index >= 15 is 0 Å². The standard InChI is InChI=1S/C19H26N2/c1-6-8-9-10-15(3)21-16(4)13-18-14-19(20-5)12-11-17(18)7-2/h6,8-12,14,20-21H,1,4,7,13H2,2-3,5H3/b9-8-,15-10+. The first kappa shape index (κ1) is 16.8. The molecule has 2 heteroatoms. The molecular formula is C19H26N2. The molecule has 0 atom stereocenters. The van der Waals surface area contributed by atoms with Crippen molar-refractivity contribution in [2.45, 2.75) is 26.7 Å². The van der Waals surface area contributed by atoms with Crippen LogP contribution in [0.1, 0.15) is 25.0 Å². The van der Waals surface area contributed by atoms with Crippen LogP contribution in [0.4, 0.5) is 5.69 Å². The molecule has 0 heterocycles. The van der Waals surface area contributed by atoms with Gasteiger partial charge in [-0.1, -0.05) is 44.4 Å². The fourth-order valence-electron chi connectivity index (χ4n) is 2.16. The van der Waals surface area contributed by atoms with E-state index in [9.17, 15) is 0 Å². The van der Waals surface area contributed by atoms with Crippen molar-refractivity contribution in [3.05, 3.63) is 78.2 Å². The van der Waals surface area contributed by atoms with E-state index in [1.165, 1.54) is 11.1 Å². The molecule has 0 spiro atoms. The second kappa shape index (κ2) is 8.85. The average Bonchev–Trinajstić information content (AvgIpc) is 2.47. The van der Waals surface area contributed by atoms with Crippen LogP contribution in [0.15, 0.2) is 67.1 Å². The maximum absolute atomic E-state index is 4.13. The molecule has 0 aliphatic carbocycles. The number of hydrogen-bond donors (Lipinski definition) is 2. The maximum atomic E-state index is 4.13. The zero-order valence-corrected chi connectivity index (χ0v) is 13.4. The van der Waals surface area contributed by atoms with Crippen LogP contribution < -0.4 is 10.6 Å². The molecule has 0 aromatic heterocycles. The Morgan fingerprint density at radius 3 is 2.62 bits per heavy atom. The van der Waals surface area contributed by atoms with Crippen molar-refractivity contribution in [2.75, 3.05) is 12.4 Å². The van der Waals surface area contributed by atoms with Gasteiger partial charge in [-0.15, -0.1) is 0 Å². The molecule has 0 bridgehead atoms. The minimum atomic E-state index is 0.828. The lowest BCUT2D eigenvalue weighted by molar-refractivity contribution is 0.905. The highest BCUT2D eigenvalue weighted by molar-refractivity contribution is 5.49. The first-order chi connectivity index (χ1) is 10.1. The first-order valence-corrected chi connectivity index (χ1v) is 7.31. The third-order valence-electron chi connectivity index (χ3n) is 3.25. The van der Waals surface area contributed by atoms with E-state index in [1.807, 2.05) is 32.2 Å². The number of anilines is 1. The van der Waals surface area contributed by atoms with Crippen LogP contribution in [0.2, 0.25) is 0 Å². The molecular weight excluding hydrogens is 256 g/mol. The van der Waals surface area contributed by atoms with E-state index in [1.54, 1.807) is 6.08 Å². The van der Waals surface area contributed by atoms with Gasteiger partial charge in [0.2, 0.25) is 0 Å². The fraction of sp³-hybridized carbons (Fsp3) is 0.263. The fourth-order valence-corrected chi connectivity index (χ4v) is 2.16. The third-order valence-corrected chi connectivity index (χ3v) is 3.25. The number of rotatable bonds is 8. The van der Waals surface area contributed by atoms with Crippen molar-refractivity contribution >= 4 is 5.69 Å². The Labute approximate surface area is 129 Å². The van der Waals surface area contributed by atoms with E-state index in [0.717, 1.165) is 29.9 Å². The summed E-state index contributed by atoms with van der Waals surface area (Å²) >= 11 is 0. The van der Waals surface area contributed by atoms with E-state index in [4.69, 9.17) is 0 Å². The molecule has 1 aromatic rings. The summed E-state index contributed by atoms with van der Waals surface area (Å²) in [5.41, 5.74) is 5.89. The topological polar surface area (TPSA) is 24.1 Å². The summed E-state index contributed by atoms with van der Waals surface area (Å²) in [5, 5.41) is 6.52. The molecule has 112 valence electrons. The maximum Gasteiger partial charge on any atom is 0.0340 e. The molecule has 0 saturated heterocycles. The lowest BCUT2D eigenvalue weighted by atomic mass is 10.0. The molecule has 0 radical (unpaired) electrons. The molecule has 1 aromatic carbocycles. The number of allylic oxidation sites excluding steroid dienone is 6. The van der Waals surface area contributed by atoms with Gasteiger partial charge in [0, 0.05) is 30.5 Å². The van der Waals surface area contributed by atoms with Gasteiger partial charge >= 0.3 is 0 Å². The minimum absolute atomic E-state index is 0.828. The van der Waals surface area contributed by atoms with Gasteiger partial charge in [-0.3, -0.25) is 0 Å². The van der Waals surface area contributed by atoms with Gasteiger partial charge < -0.3 is 10.6 Å². The quantitative estimate of drug-likeness (QED) is 0.682. The lowest BCUT2D eigenvalue weighted by Gasteiger charge is -2.14. The van der Waals surface area contributed by atoms with Crippen LogP contribution in [0.25, 0.3) is 0 Å². The normalized spacial score (nSPS) is 11.5. The van der Waals surface area contributed by atoms with Crippen LogP contribution in [-0.2, 0) is 12.8 Å². The Balaban J connectivity index is 2.76. The number of benzene rings is 1. The van der Waals surface area contributed by atoms with Crippen LogP contribution in [0.3, 0.4) is 0 Å². The molecule has 0 aliphatic rings. The van der Waals surface area contributed by atoms with Crippen molar-refractivity contribution in [1.82, 2.24) is 5.32 Å². The van der Waals surface area contributed by atoms with E-state index < -0.39 is 0 Å². The molecule has 21 heavy (non-hydrogen) atoms. The summed E-state index contributed by atoms with van der Waals surface area (Å²) in [5.74, 6) is 0. The Morgan fingerprint density at radius 1 is 1.24 bits per heavy atom. The van der Waals surface area contributed by atoms with Gasteiger partial charge in [0.05, 0.1) is 0 Å². The number of hydrogen-bond acceptors (Lipinski definition) is 2. The van der Waals surface area contributed by atoms with Crippen LogP contribution in [0.5, 0.6) is 0 Å². The van der Waals surface area contributed by atoms with Gasteiger partial charge in [0.25, 0.3) is 0 Å². The summed E-state index contributed by atoms with van der Waals surface area (Å²) in [6.07, 6.45) is 9.49. The zero-order chi connectivity index (χ0) is 15.7. The Hall–Kier alpha value is -2.22. The lowest BCUT2D eigenvalue weighted by Crippen LogP contribution is -2.12. The van der Waals surface area contributed by atoms with Crippen molar-refractivity contribution < 1.29 is 0 Å². The minimum Gasteiger partial charge on any atom is -0.388 e. The van der Waals surface area contributed by atoms with Crippen molar-refractivity contribution in [3.63, 3.8) is 0 Å². The van der Waals surface area contributed by atoms with Gasteiger partial charge in [0.1, 0.15) is 0 Å². The van der Waals surface area contributed by atoms with E-state index in [0.29, 0.717) is 0 Å². The smallest absolute Gasteiger partial charge is 0.0340 e. The molecule has 0 fully saturated rings. The number of aryl methyl sites for hydroxylation is 1. The summed E-state index contributed by atoms with van der Waals surface area (Å²) in [4.78, 5) is 0. The summed E-state index contributed by atoms with van der Waals surface area (Å²) in [6.45, 7) is 12.0. The van der Waals surface area contributed by atoms with E-state index in [-0.39, 0.29) is 0 Å². The second-order valence-electron chi connectivity index (χ2n) is 4.96. The third kappa shape index (κ3) is 5.74. The van der Waals surface area contributed by atoms with Crippen molar-refractivity contribution in [1.29, 1.82) is 0 Å². The van der Waals surface area contributed by atoms with Gasteiger partial charge in [-0.05, 0) is 42.7 Å². The van der Waals surface area contributed by atoms with Crippen molar-refractivity contribution in [3.8, 4) is 0 Å². The summed E-state index contributed by atoms with van der Waals surface area (Å²) in [7, 11) is 1.94. The second-order valence-corrected chi connectivity index (χ2v) is 4.96. The molecule has 2 nitrogen and oxygen atoms in total. The van der Waals surface area contributed by atoms with Gasteiger partial charge in [0.15, 0.2) is 0 Å². The van der Waals surface area contributed by atoms with Crippen LogP contribution in [-0.4, -0.2) is 7.05 Å². The SMILES string of the molecule is C=C/C=C\C=C(/C)NC(=C)Cc1cc(NC)ccc1CC. The molecule has 0 saturated carbocycles. The molecule has 1 rings (SSSR count). The predicted octanol–water partition coefficient (Wildman–Crippen LogP) is 4.58. The highest BCUT2D eigenvalue weighted by Gasteiger charge is 2.04. The van der Waals surface area contributed by atoms with Gasteiger partial charge in [-0.25, -0.2) is 0 Å². The van der Waals surface area contributed by atoms with Gasteiger partial charge in [-0.2, -0.15) is 0 Å². The zero-order valence-electron chi connectivity index (χ0n) is 13.4. The predicted molar refractivity (Wildman–Crippen MR) is 94.4 cm³/mol. The molecule has 0 unspecified atom stereocenters. The summed E-state index contributed by atoms with van der Waals surface area (Å²) < 4.78 is 0. The Bertz CT molecular complexity index is 551. The largest absolute Gasteiger partial charge is 0.388 e. The number of nitrogens with one attached hydrogen (secondary N) is 2. The monoisotopic (exact) mass is 282 g/mol. The highest BCUT2D eigenvalue weighted by Crippen LogP contribution is 2.18. The van der Waals surface area contributed by atoms with E-state index in [2.05, 4.69) is 48.9 Å².